The molecule has 7 nitrogen and oxygen atoms in total. The maximum atomic E-state index is 12.8. The van der Waals surface area contributed by atoms with Crippen LogP contribution in [0.4, 0.5) is 11.4 Å². The summed E-state index contributed by atoms with van der Waals surface area (Å²) in [6.07, 6.45) is -0.579. The molecular weight excluding hydrogens is 420 g/mol. The second-order valence-corrected chi connectivity index (χ2v) is 7.59. The average molecular weight is 447 g/mol. The van der Waals surface area contributed by atoms with Crippen molar-refractivity contribution in [1.29, 1.82) is 0 Å². The lowest BCUT2D eigenvalue weighted by Gasteiger charge is -2.33. The zero-order valence-electron chi connectivity index (χ0n) is 18.6. The zero-order chi connectivity index (χ0) is 23.2. The van der Waals surface area contributed by atoms with Crippen LogP contribution >= 0.6 is 0 Å². The molecule has 0 radical (unpaired) electrons. The lowest BCUT2D eigenvalue weighted by molar-refractivity contribution is -0.125. The summed E-state index contributed by atoms with van der Waals surface area (Å²) < 4.78 is 16.7. The fourth-order valence-corrected chi connectivity index (χ4v) is 3.56. The van der Waals surface area contributed by atoms with Crippen LogP contribution in [0.1, 0.15) is 19.4 Å². The molecule has 1 N–H and O–H groups in total. The number of carbonyl (C=O) groups is 2. The summed E-state index contributed by atoms with van der Waals surface area (Å²) in [7, 11) is 0. The second kappa shape index (κ2) is 10.1. The predicted molar refractivity (Wildman–Crippen MR) is 126 cm³/mol. The molecule has 170 valence electrons. The lowest BCUT2D eigenvalue weighted by atomic mass is 10.1. The highest BCUT2D eigenvalue weighted by atomic mass is 16.5. The van der Waals surface area contributed by atoms with E-state index in [1.165, 1.54) is 0 Å². The minimum Gasteiger partial charge on any atom is -0.494 e. The van der Waals surface area contributed by atoms with E-state index < -0.39 is 6.10 Å². The fraction of sp³-hybridized carbons (Fsp3) is 0.231. The third kappa shape index (κ3) is 5.44. The van der Waals surface area contributed by atoms with E-state index in [0.717, 1.165) is 11.3 Å². The van der Waals surface area contributed by atoms with Gasteiger partial charge in [0, 0.05) is 5.69 Å². The van der Waals surface area contributed by atoms with Crippen molar-refractivity contribution >= 4 is 23.2 Å². The summed E-state index contributed by atoms with van der Waals surface area (Å²) in [5, 5.41) is 2.82. The van der Waals surface area contributed by atoms with Gasteiger partial charge in [-0.1, -0.05) is 30.3 Å². The molecule has 1 heterocycles. The summed E-state index contributed by atoms with van der Waals surface area (Å²) in [5.74, 6) is 1.47. The molecule has 0 aromatic heterocycles. The molecule has 3 aromatic rings. The molecule has 1 atom stereocenters. The molecule has 0 spiro atoms. The molecule has 1 aliphatic heterocycles. The SMILES string of the molecule is CCOc1ccc(OCC(=O)Nc2ccc3c(c2)N(Cc2ccccc2)C(=O)C(C)O3)cc1. The molecule has 0 saturated heterocycles. The van der Waals surface area contributed by atoms with Crippen LogP contribution in [0, 0.1) is 0 Å². The molecule has 2 amide bonds. The third-order valence-electron chi connectivity index (χ3n) is 5.14. The number of ether oxygens (including phenoxy) is 3. The Bertz CT molecular complexity index is 1120. The molecule has 4 rings (SSSR count). The molecule has 1 aliphatic rings. The Hall–Kier alpha value is -4.00. The van der Waals surface area contributed by atoms with Gasteiger partial charge >= 0.3 is 0 Å². The van der Waals surface area contributed by atoms with Gasteiger partial charge in [-0.15, -0.1) is 0 Å². The Morgan fingerprint density at radius 3 is 2.39 bits per heavy atom. The molecule has 0 fully saturated rings. The van der Waals surface area contributed by atoms with Crippen LogP contribution in [0.15, 0.2) is 72.8 Å². The van der Waals surface area contributed by atoms with Gasteiger partial charge in [-0.2, -0.15) is 0 Å². The van der Waals surface area contributed by atoms with Crippen molar-refractivity contribution in [3.8, 4) is 17.2 Å². The molecule has 0 aliphatic carbocycles. The molecular formula is C26H26N2O5. The molecule has 3 aromatic carbocycles. The van der Waals surface area contributed by atoms with Crippen molar-refractivity contribution in [3.05, 3.63) is 78.4 Å². The molecule has 0 bridgehead atoms. The predicted octanol–water partition coefficient (Wildman–Crippen LogP) is 4.42. The topological polar surface area (TPSA) is 77.1 Å². The standard InChI is InChI=1S/C26H26N2O5/c1-3-31-21-10-12-22(13-11-21)32-17-25(29)27-20-9-14-24-23(15-20)28(26(30)18(2)33-24)16-19-7-5-4-6-8-19/h4-15,18H,3,16-17H2,1-2H3,(H,27,29). The van der Waals surface area contributed by atoms with Crippen LogP contribution in [0.5, 0.6) is 17.2 Å². The highest BCUT2D eigenvalue weighted by Crippen LogP contribution is 2.37. The first-order valence-corrected chi connectivity index (χ1v) is 10.8. The number of carbonyl (C=O) groups excluding carboxylic acids is 2. The number of fused-ring (bicyclic) bond motifs is 1. The van der Waals surface area contributed by atoms with Gasteiger partial charge in [0.1, 0.15) is 17.2 Å². The van der Waals surface area contributed by atoms with Crippen LogP contribution in [0.3, 0.4) is 0 Å². The van der Waals surface area contributed by atoms with Gasteiger partial charge in [-0.05, 0) is 61.9 Å². The average Bonchev–Trinajstić information content (AvgIpc) is 2.83. The largest absolute Gasteiger partial charge is 0.494 e. The molecule has 1 unspecified atom stereocenters. The Labute approximate surface area is 192 Å². The zero-order valence-corrected chi connectivity index (χ0v) is 18.6. The van der Waals surface area contributed by atoms with Crippen molar-refractivity contribution in [1.82, 2.24) is 0 Å². The third-order valence-corrected chi connectivity index (χ3v) is 5.14. The van der Waals surface area contributed by atoms with E-state index >= 15 is 0 Å². The van der Waals surface area contributed by atoms with Gasteiger partial charge in [0.05, 0.1) is 18.8 Å². The number of hydrogen-bond donors (Lipinski definition) is 1. The number of rotatable bonds is 8. The minimum absolute atomic E-state index is 0.131. The van der Waals surface area contributed by atoms with E-state index in [-0.39, 0.29) is 18.4 Å². The number of nitrogens with one attached hydrogen (secondary N) is 1. The van der Waals surface area contributed by atoms with Gasteiger partial charge in [0.25, 0.3) is 11.8 Å². The Balaban J connectivity index is 1.44. The van der Waals surface area contributed by atoms with Crippen LogP contribution in [-0.2, 0) is 16.1 Å². The normalized spacial score (nSPS) is 14.8. The quantitative estimate of drug-likeness (QED) is 0.554. The monoisotopic (exact) mass is 446 g/mol. The first-order chi connectivity index (χ1) is 16.0. The first kappa shape index (κ1) is 22.2. The van der Waals surface area contributed by atoms with Crippen molar-refractivity contribution < 1.29 is 23.8 Å². The smallest absolute Gasteiger partial charge is 0.268 e. The van der Waals surface area contributed by atoms with E-state index in [1.807, 2.05) is 37.3 Å². The van der Waals surface area contributed by atoms with E-state index in [0.29, 0.717) is 36.0 Å². The highest BCUT2D eigenvalue weighted by molar-refractivity contribution is 6.01. The van der Waals surface area contributed by atoms with Crippen molar-refractivity contribution in [3.63, 3.8) is 0 Å². The van der Waals surface area contributed by atoms with Gasteiger partial charge in [-0.25, -0.2) is 0 Å². The van der Waals surface area contributed by atoms with Crippen LogP contribution in [0.25, 0.3) is 0 Å². The van der Waals surface area contributed by atoms with Crippen LogP contribution < -0.4 is 24.4 Å². The number of anilines is 2. The first-order valence-electron chi connectivity index (χ1n) is 10.8. The highest BCUT2D eigenvalue weighted by Gasteiger charge is 2.31. The molecule has 7 heteroatoms. The summed E-state index contributed by atoms with van der Waals surface area (Å²) in [6, 6.07) is 22.1. The van der Waals surface area contributed by atoms with Gasteiger partial charge < -0.3 is 24.4 Å². The Morgan fingerprint density at radius 2 is 1.70 bits per heavy atom. The van der Waals surface area contributed by atoms with E-state index in [4.69, 9.17) is 14.2 Å². The van der Waals surface area contributed by atoms with Crippen molar-refractivity contribution in [2.45, 2.75) is 26.5 Å². The number of hydrogen-bond acceptors (Lipinski definition) is 5. The Kier molecular flexibility index (Phi) is 6.78. The summed E-state index contributed by atoms with van der Waals surface area (Å²) in [6.45, 7) is 4.50. The van der Waals surface area contributed by atoms with Crippen molar-refractivity contribution in [2.75, 3.05) is 23.4 Å². The summed E-state index contributed by atoms with van der Waals surface area (Å²) in [5.41, 5.74) is 2.18. The number of benzene rings is 3. The van der Waals surface area contributed by atoms with E-state index in [9.17, 15) is 9.59 Å². The van der Waals surface area contributed by atoms with E-state index in [2.05, 4.69) is 5.32 Å². The second-order valence-electron chi connectivity index (χ2n) is 7.59. The Morgan fingerprint density at radius 1 is 1.00 bits per heavy atom. The molecule has 0 saturated carbocycles. The van der Waals surface area contributed by atoms with Gasteiger partial charge in [0.15, 0.2) is 12.7 Å². The number of amides is 2. The fourth-order valence-electron chi connectivity index (χ4n) is 3.56. The summed E-state index contributed by atoms with van der Waals surface area (Å²) >= 11 is 0. The lowest BCUT2D eigenvalue weighted by Crippen LogP contribution is -2.44. The van der Waals surface area contributed by atoms with Gasteiger partial charge in [0.2, 0.25) is 0 Å². The number of nitrogens with zero attached hydrogens (tertiary/aromatic N) is 1. The summed E-state index contributed by atoms with van der Waals surface area (Å²) in [4.78, 5) is 27.0. The van der Waals surface area contributed by atoms with Gasteiger partial charge in [-0.3, -0.25) is 9.59 Å². The maximum absolute atomic E-state index is 12.8. The van der Waals surface area contributed by atoms with Crippen molar-refractivity contribution in [2.24, 2.45) is 0 Å². The van der Waals surface area contributed by atoms with Crippen LogP contribution in [0.2, 0.25) is 0 Å². The minimum atomic E-state index is -0.579. The van der Waals surface area contributed by atoms with Crippen LogP contribution in [-0.4, -0.2) is 31.1 Å². The maximum Gasteiger partial charge on any atom is 0.268 e. The van der Waals surface area contributed by atoms with E-state index in [1.54, 1.807) is 54.3 Å². The molecule has 33 heavy (non-hydrogen) atoms.